The zero-order chi connectivity index (χ0) is 18.5. The van der Waals surface area contributed by atoms with E-state index in [0.717, 1.165) is 5.56 Å². The van der Waals surface area contributed by atoms with Gasteiger partial charge < -0.3 is 9.73 Å². The lowest BCUT2D eigenvalue weighted by molar-refractivity contribution is 0.0921. The quantitative estimate of drug-likeness (QED) is 0.681. The Morgan fingerprint density at radius 3 is 2.54 bits per heavy atom. The first-order valence-electron chi connectivity index (χ1n) is 7.77. The molecule has 0 saturated heterocycles. The zero-order valence-corrected chi connectivity index (χ0v) is 15.1. The van der Waals surface area contributed by atoms with E-state index in [9.17, 15) is 13.4 Å². The summed E-state index contributed by atoms with van der Waals surface area (Å²) in [6.45, 7) is 0.251. The second-order valence-electron chi connectivity index (χ2n) is 5.50. The predicted octanol–water partition coefficient (Wildman–Crippen LogP) is 4.31. The molecule has 4 nitrogen and oxygen atoms in total. The van der Waals surface area contributed by atoms with Gasteiger partial charge in [0, 0.05) is 6.54 Å². The van der Waals surface area contributed by atoms with Crippen LogP contribution in [0.1, 0.15) is 21.9 Å². The van der Waals surface area contributed by atoms with Gasteiger partial charge in [-0.25, -0.2) is 4.39 Å². The summed E-state index contributed by atoms with van der Waals surface area (Å²) >= 11 is 6.04. The summed E-state index contributed by atoms with van der Waals surface area (Å²) in [7, 11) is -1.37. The van der Waals surface area contributed by atoms with E-state index in [1.54, 1.807) is 42.5 Å². The average Bonchev–Trinajstić information content (AvgIpc) is 3.10. The highest BCUT2D eigenvalue weighted by Crippen LogP contribution is 2.22. The number of benzene rings is 2. The van der Waals surface area contributed by atoms with Gasteiger partial charge in [-0.15, -0.1) is 0 Å². The highest BCUT2D eigenvalue weighted by molar-refractivity contribution is 7.84. The van der Waals surface area contributed by atoms with Gasteiger partial charge in [-0.3, -0.25) is 9.00 Å². The number of amides is 1. The van der Waals surface area contributed by atoms with Crippen molar-refractivity contribution in [3.05, 3.63) is 88.6 Å². The highest BCUT2D eigenvalue weighted by Gasteiger charge is 2.15. The minimum Gasteiger partial charge on any atom is -0.455 e. The molecule has 0 fully saturated rings. The number of rotatable bonds is 6. The molecule has 0 unspecified atom stereocenters. The molecule has 1 N–H and O–H groups in total. The minimum absolute atomic E-state index is 0.120. The first kappa shape index (κ1) is 18.4. The topological polar surface area (TPSA) is 59.3 Å². The van der Waals surface area contributed by atoms with E-state index in [1.807, 2.05) is 0 Å². The molecule has 0 aliphatic heterocycles. The van der Waals surface area contributed by atoms with Crippen LogP contribution in [0.15, 0.2) is 70.0 Å². The van der Waals surface area contributed by atoms with Crippen molar-refractivity contribution in [2.45, 2.75) is 17.2 Å². The molecular formula is C19H15ClFNO3S. The summed E-state index contributed by atoms with van der Waals surface area (Å²) < 4.78 is 30.7. The number of hydrogen-bond acceptors (Lipinski definition) is 3. The monoisotopic (exact) mass is 391 g/mol. The summed E-state index contributed by atoms with van der Waals surface area (Å²) in [6, 6.07) is 15.9. The number of carbonyl (C=O) groups excluding carboxylic acids is 1. The summed E-state index contributed by atoms with van der Waals surface area (Å²) in [4.78, 5) is 12.7. The van der Waals surface area contributed by atoms with Crippen LogP contribution in [0.4, 0.5) is 4.39 Å². The van der Waals surface area contributed by atoms with E-state index in [2.05, 4.69) is 5.32 Å². The van der Waals surface area contributed by atoms with Crippen molar-refractivity contribution >= 4 is 28.3 Å². The SMILES string of the molecule is O=C(NCc1ccc(F)cc1)c1ccc(C[S@](=O)c2ccccc2Cl)o1. The van der Waals surface area contributed by atoms with Crippen LogP contribution in [0.3, 0.4) is 0 Å². The van der Waals surface area contributed by atoms with Crippen LogP contribution in [-0.2, 0) is 23.1 Å². The molecule has 1 atom stereocenters. The molecule has 0 saturated carbocycles. The molecular weight excluding hydrogens is 377 g/mol. The Morgan fingerprint density at radius 2 is 1.81 bits per heavy atom. The van der Waals surface area contributed by atoms with E-state index >= 15 is 0 Å². The Bertz CT molecular complexity index is 940. The maximum atomic E-state index is 12.9. The van der Waals surface area contributed by atoms with Gasteiger partial charge in [0.15, 0.2) is 5.76 Å². The lowest BCUT2D eigenvalue weighted by Gasteiger charge is -2.04. The van der Waals surface area contributed by atoms with Crippen molar-refractivity contribution in [3.8, 4) is 0 Å². The van der Waals surface area contributed by atoms with E-state index in [1.165, 1.54) is 18.2 Å². The molecule has 0 spiro atoms. The van der Waals surface area contributed by atoms with Crippen LogP contribution in [0.25, 0.3) is 0 Å². The van der Waals surface area contributed by atoms with E-state index < -0.39 is 16.7 Å². The third-order valence-electron chi connectivity index (χ3n) is 3.61. The summed E-state index contributed by atoms with van der Waals surface area (Å²) in [5.41, 5.74) is 0.770. The predicted molar refractivity (Wildman–Crippen MR) is 97.8 cm³/mol. The Kier molecular flexibility index (Phi) is 5.85. The molecule has 7 heteroatoms. The van der Waals surface area contributed by atoms with E-state index in [0.29, 0.717) is 15.7 Å². The lowest BCUT2D eigenvalue weighted by Crippen LogP contribution is -2.22. The maximum absolute atomic E-state index is 12.9. The molecule has 3 aromatic rings. The first-order valence-corrected chi connectivity index (χ1v) is 9.47. The van der Waals surface area contributed by atoms with Crippen molar-refractivity contribution < 1.29 is 17.8 Å². The van der Waals surface area contributed by atoms with Gasteiger partial charge in [0.1, 0.15) is 11.6 Å². The molecule has 3 rings (SSSR count). The molecule has 0 radical (unpaired) electrons. The third kappa shape index (κ3) is 4.59. The van der Waals surface area contributed by atoms with Crippen molar-refractivity contribution in [3.63, 3.8) is 0 Å². The fraction of sp³-hybridized carbons (Fsp3) is 0.105. The fourth-order valence-electron chi connectivity index (χ4n) is 2.29. The number of halogens is 2. The largest absolute Gasteiger partial charge is 0.455 e. The molecule has 1 amide bonds. The molecule has 1 aromatic heterocycles. The number of furan rings is 1. The third-order valence-corrected chi connectivity index (χ3v) is 5.44. The van der Waals surface area contributed by atoms with Crippen molar-refractivity contribution in [2.75, 3.05) is 0 Å². The molecule has 0 bridgehead atoms. The molecule has 2 aromatic carbocycles. The minimum atomic E-state index is -1.37. The standard InChI is InChI=1S/C19H15ClFNO3S/c20-16-3-1-2-4-18(16)26(24)12-15-9-10-17(25-15)19(23)22-11-13-5-7-14(21)8-6-13/h1-10H,11-12H2,(H,22,23)/t26-/m0/s1. The van der Waals surface area contributed by atoms with Crippen LogP contribution in [0.5, 0.6) is 0 Å². The van der Waals surface area contributed by atoms with Crippen LogP contribution >= 0.6 is 11.6 Å². The lowest BCUT2D eigenvalue weighted by atomic mass is 10.2. The maximum Gasteiger partial charge on any atom is 0.287 e. The second kappa shape index (κ2) is 8.29. The first-order chi connectivity index (χ1) is 12.5. The Morgan fingerprint density at radius 1 is 1.08 bits per heavy atom. The Labute approximate surface area is 157 Å². The number of hydrogen-bond donors (Lipinski definition) is 1. The molecule has 0 aliphatic rings. The summed E-state index contributed by atoms with van der Waals surface area (Å²) in [5.74, 6) is -0.0607. The van der Waals surface area contributed by atoms with Crippen molar-refractivity contribution in [2.24, 2.45) is 0 Å². The Balaban J connectivity index is 1.60. The number of carbonyl (C=O) groups is 1. The van der Waals surface area contributed by atoms with Crippen LogP contribution in [-0.4, -0.2) is 10.1 Å². The summed E-state index contributed by atoms with van der Waals surface area (Å²) in [6.07, 6.45) is 0. The average molecular weight is 392 g/mol. The van der Waals surface area contributed by atoms with Gasteiger partial charge in [-0.2, -0.15) is 0 Å². The molecule has 26 heavy (non-hydrogen) atoms. The van der Waals surface area contributed by atoms with Gasteiger partial charge >= 0.3 is 0 Å². The Hall–Kier alpha value is -2.44. The van der Waals surface area contributed by atoms with Crippen LogP contribution < -0.4 is 5.32 Å². The smallest absolute Gasteiger partial charge is 0.287 e. The molecule has 134 valence electrons. The van der Waals surface area contributed by atoms with Gasteiger partial charge in [0.25, 0.3) is 5.91 Å². The second-order valence-corrected chi connectivity index (χ2v) is 7.32. The highest BCUT2D eigenvalue weighted by atomic mass is 35.5. The fourth-order valence-corrected chi connectivity index (χ4v) is 3.76. The summed E-state index contributed by atoms with van der Waals surface area (Å²) in [5, 5.41) is 3.12. The van der Waals surface area contributed by atoms with Gasteiger partial charge in [-0.1, -0.05) is 35.9 Å². The van der Waals surface area contributed by atoms with Crippen LogP contribution in [0, 0.1) is 5.82 Å². The molecule has 1 heterocycles. The van der Waals surface area contributed by atoms with Crippen molar-refractivity contribution in [1.29, 1.82) is 0 Å². The van der Waals surface area contributed by atoms with E-state index in [4.69, 9.17) is 16.0 Å². The number of nitrogens with one attached hydrogen (secondary N) is 1. The normalized spacial score (nSPS) is 11.9. The van der Waals surface area contributed by atoms with E-state index in [-0.39, 0.29) is 23.9 Å². The van der Waals surface area contributed by atoms with Gasteiger partial charge in [0.05, 0.1) is 26.5 Å². The van der Waals surface area contributed by atoms with Crippen molar-refractivity contribution in [1.82, 2.24) is 5.32 Å². The zero-order valence-electron chi connectivity index (χ0n) is 13.6. The van der Waals surface area contributed by atoms with Crippen LogP contribution in [0.2, 0.25) is 5.02 Å². The molecule has 0 aliphatic carbocycles. The van der Waals surface area contributed by atoms with Gasteiger partial charge in [0.2, 0.25) is 0 Å². The van der Waals surface area contributed by atoms with Gasteiger partial charge in [-0.05, 0) is 42.0 Å².